The summed E-state index contributed by atoms with van der Waals surface area (Å²) in [5, 5.41) is 20.8. The first-order valence-corrected chi connectivity index (χ1v) is 8.58. The second-order valence-corrected chi connectivity index (χ2v) is 7.31. The zero-order valence-electron chi connectivity index (χ0n) is 15.3. The van der Waals surface area contributed by atoms with Crippen molar-refractivity contribution in [3.05, 3.63) is 46.5 Å². The molecule has 2 aromatic rings. The topological polar surface area (TPSA) is 58.9 Å². The summed E-state index contributed by atoms with van der Waals surface area (Å²) < 4.78 is 11.4. The van der Waals surface area contributed by atoms with E-state index in [1.54, 1.807) is 14.2 Å². The number of fused-ring (bicyclic) bond motifs is 4. The molecule has 2 N–H and O–H groups in total. The molecular weight excluding hydrogens is 445 g/mol. The van der Waals surface area contributed by atoms with Crippen molar-refractivity contribution in [2.75, 3.05) is 27.8 Å². The molecule has 2 aliphatic rings. The summed E-state index contributed by atoms with van der Waals surface area (Å²) in [6.07, 6.45) is 1.77. The van der Waals surface area contributed by atoms with Crippen molar-refractivity contribution in [2.24, 2.45) is 0 Å². The number of benzene rings is 2. The average Bonchev–Trinajstić information content (AvgIpc) is 2.60. The molecule has 0 saturated heterocycles. The van der Waals surface area contributed by atoms with Crippen LogP contribution in [-0.4, -0.2) is 42.5 Å². The molecule has 26 heavy (non-hydrogen) atoms. The summed E-state index contributed by atoms with van der Waals surface area (Å²) >= 11 is 0. The lowest BCUT2D eigenvalue weighted by molar-refractivity contribution is -0.956. The highest BCUT2D eigenvalue weighted by molar-refractivity contribution is 5.52. The highest BCUT2D eigenvalue weighted by Crippen LogP contribution is 2.48. The maximum absolute atomic E-state index is 10.6. The van der Waals surface area contributed by atoms with E-state index in [-0.39, 0.29) is 41.5 Å². The van der Waals surface area contributed by atoms with Crippen LogP contribution in [0.15, 0.2) is 24.3 Å². The normalized spacial score (nSPS) is 23.1. The Bertz CT molecular complexity index is 854. The minimum absolute atomic E-state index is 0. The van der Waals surface area contributed by atoms with E-state index < -0.39 is 0 Å². The van der Waals surface area contributed by atoms with Crippen molar-refractivity contribution in [3.8, 4) is 23.0 Å². The van der Waals surface area contributed by atoms with Crippen molar-refractivity contribution >= 4 is 0 Å². The predicted molar refractivity (Wildman–Crippen MR) is 94.2 cm³/mol. The number of rotatable bonds is 2. The van der Waals surface area contributed by atoms with Gasteiger partial charge in [0.2, 0.25) is 0 Å². The zero-order chi connectivity index (χ0) is 17.8. The van der Waals surface area contributed by atoms with E-state index in [9.17, 15) is 10.2 Å². The van der Waals surface area contributed by atoms with Crippen molar-refractivity contribution in [1.82, 2.24) is 0 Å². The largest absolute Gasteiger partial charge is 1.00 e. The van der Waals surface area contributed by atoms with Gasteiger partial charge in [-0.05, 0) is 29.3 Å². The van der Waals surface area contributed by atoms with E-state index in [2.05, 4.69) is 13.1 Å². The molecule has 0 spiro atoms. The van der Waals surface area contributed by atoms with Gasteiger partial charge in [-0.2, -0.15) is 0 Å². The van der Waals surface area contributed by atoms with Gasteiger partial charge in [0.05, 0.1) is 33.4 Å². The second-order valence-electron chi connectivity index (χ2n) is 7.31. The van der Waals surface area contributed by atoms with Gasteiger partial charge in [0, 0.05) is 18.4 Å². The number of phenolic OH excluding ortho intramolecular Hbond substituents is 2. The number of hydrogen-bond donors (Lipinski definition) is 2. The maximum atomic E-state index is 10.6. The molecule has 0 radical (unpaired) electrons. The van der Waals surface area contributed by atoms with Gasteiger partial charge >= 0.3 is 0 Å². The Morgan fingerprint density at radius 2 is 1.77 bits per heavy atom. The summed E-state index contributed by atoms with van der Waals surface area (Å²) in [6.45, 7) is 1.75. The molecule has 0 aromatic heterocycles. The van der Waals surface area contributed by atoms with Crippen molar-refractivity contribution in [3.63, 3.8) is 0 Å². The van der Waals surface area contributed by atoms with Crippen LogP contribution in [0.3, 0.4) is 0 Å². The lowest BCUT2D eigenvalue weighted by atomic mass is 9.81. The number of nitrogens with zero attached hydrogens (tertiary/aromatic N) is 1. The van der Waals surface area contributed by atoms with Gasteiger partial charge < -0.3 is 48.1 Å². The fourth-order valence-corrected chi connectivity index (χ4v) is 4.46. The number of phenols is 2. The first kappa shape index (κ1) is 19.1. The minimum Gasteiger partial charge on any atom is -1.00 e. The molecule has 6 heteroatoms. The maximum Gasteiger partial charge on any atom is 0.166 e. The third-order valence-electron chi connectivity index (χ3n) is 5.94. The van der Waals surface area contributed by atoms with Crippen LogP contribution in [0.25, 0.3) is 0 Å². The smallest absolute Gasteiger partial charge is 0.166 e. The number of quaternary nitrogens is 1. The third-order valence-corrected chi connectivity index (χ3v) is 5.94. The summed E-state index contributed by atoms with van der Waals surface area (Å²) in [4.78, 5) is 0. The molecular formula is C20H24INO4. The number of ether oxygens (including phenoxy) is 2. The molecule has 4 rings (SSSR count). The van der Waals surface area contributed by atoms with Crippen LogP contribution in [0.1, 0.15) is 28.3 Å². The SMILES string of the molecule is COc1cc2c(cc1O)C1Cc3ccc(OC)c(O)c3C[N+]1(C)CC2.[I-]. The van der Waals surface area contributed by atoms with Crippen LogP contribution in [0.5, 0.6) is 23.0 Å². The number of likely N-dealkylation sites (N-methyl/N-ethyl adjacent to an activating group) is 1. The third kappa shape index (κ3) is 2.79. The molecule has 0 saturated carbocycles. The van der Waals surface area contributed by atoms with Crippen LogP contribution < -0.4 is 33.5 Å². The highest BCUT2D eigenvalue weighted by Gasteiger charge is 2.44. The molecule has 0 fully saturated rings. The monoisotopic (exact) mass is 469 g/mol. The molecule has 0 amide bonds. The van der Waals surface area contributed by atoms with E-state index in [0.717, 1.165) is 41.5 Å². The molecule has 2 heterocycles. The standard InChI is InChI=1S/C20H23NO4.HI/c1-21-7-6-13-9-19(25-3)17(22)10-14(13)16(21)8-12-4-5-18(24-2)20(23)15(12)11-21;/h4-5,9-10,16H,6-8,11H2,1-3H3,(H-,22,23);1H. The number of aromatic hydroxyl groups is 2. The van der Waals surface area contributed by atoms with E-state index >= 15 is 0 Å². The average molecular weight is 469 g/mol. The molecule has 2 aromatic carbocycles. The first-order valence-electron chi connectivity index (χ1n) is 8.58. The zero-order valence-corrected chi connectivity index (χ0v) is 17.4. The van der Waals surface area contributed by atoms with Crippen LogP contribution in [0.4, 0.5) is 0 Å². The Balaban J connectivity index is 0.00000196. The molecule has 2 unspecified atom stereocenters. The lowest BCUT2D eigenvalue weighted by Crippen LogP contribution is -3.00. The Morgan fingerprint density at radius 3 is 2.46 bits per heavy atom. The molecule has 2 aliphatic heterocycles. The van der Waals surface area contributed by atoms with E-state index in [1.165, 1.54) is 11.1 Å². The number of halogens is 1. The second kappa shape index (κ2) is 6.81. The Kier molecular flexibility index (Phi) is 5.00. The summed E-state index contributed by atoms with van der Waals surface area (Å²) in [6, 6.07) is 7.98. The quantitative estimate of drug-likeness (QED) is 0.478. The van der Waals surface area contributed by atoms with Gasteiger partial charge in [-0.15, -0.1) is 0 Å². The van der Waals surface area contributed by atoms with Crippen molar-refractivity contribution < 1.29 is 48.1 Å². The fraction of sp³-hybridized carbons (Fsp3) is 0.400. The molecule has 140 valence electrons. The van der Waals surface area contributed by atoms with Gasteiger partial charge in [-0.1, -0.05) is 6.07 Å². The lowest BCUT2D eigenvalue weighted by Gasteiger charge is -2.49. The van der Waals surface area contributed by atoms with Gasteiger partial charge in [0.15, 0.2) is 23.0 Å². The van der Waals surface area contributed by atoms with Gasteiger partial charge in [-0.3, -0.25) is 0 Å². The van der Waals surface area contributed by atoms with Crippen LogP contribution >= 0.6 is 0 Å². The van der Waals surface area contributed by atoms with Gasteiger partial charge in [-0.25, -0.2) is 0 Å². The van der Waals surface area contributed by atoms with E-state index in [1.807, 2.05) is 18.2 Å². The summed E-state index contributed by atoms with van der Waals surface area (Å²) in [5.41, 5.74) is 4.57. The minimum atomic E-state index is 0. The number of methoxy groups -OCH3 is 2. The number of hydrogen-bond acceptors (Lipinski definition) is 4. The predicted octanol–water partition coefficient (Wildman–Crippen LogP) is -0.0809. The van der Waals surface area contributed by atoms with Crippen molar-refractivity contribution in [1.29, 1.82) is 0 Å². The van der Waals surface area contributed by atoms with Crippen LogP contribution in [-0.2, 0) is 19.4 Å². The van der Waals surface area contributed by atoms with E-state index in [4.69, 9.17) is 9.47 Å². The Morgan fingerprint density at radius 1 is 1.04 bits per heavy atom. The van der Waals surface area contributed by atoms with Crippen molar-refractivity contribution in [2.45, 2.75) is 25.4 Å². The van der Waals surface area contributed by atoms with Gasteiger partial charge in [0.25, 0.3) is 0 Å². The molecule has 0 bridgehead atoms. The Hall–Kier alpha value is -1.67. The highest BCUT2D eigenvalue weighted by atomic mass is 127. The van der Waals surface area contributed by atoms with Gasteiger partial charge in [0.1, 0.15) is 12.6 Å². The van der Waals surface area contributed by atoms with E-state index in [0.29, 0.717) is 11.5 Å². The molecule has 0 aliphatic carbocycles. The Labute approximate surface area is 170 Å². The summed E-state index contributed by atoms with van der Waals surface area (Å²) in [5.74, 6) is 1.52. The molecule has 2 atom stereocenters. The van der Waals surface area contributed by atoms with Crippen LogP contribution in [0, 0.1) is 0 Å². The first-order chi connectivity index (χ1) is 12.0. The summed E-state index contributed by atoms with van der Waals surface area (Å²) in [7, 11) is 5.39. The fourth-order valence-electron chi connectivity index (χ4n) is 4.46. The molecule has 5 nitrogen and oxygen atoms in total. The van der Waals surface area contributed by atoms with Crippen LogP contribution in [0.2, 0.25) is 0 Å².